The lowest BCUT2D eigenvalue weighted by Crippen LogP contribution is -2.39. The molecule has 2 heterocycles. The van der Waals surface area contributed by atoms with E-state index < -0.39 is 54.1 Å². The highest BCUT2D eigenvalue weighted by molar-refractivity contribution is 6.08. The average molecular weight is 480 g/mol. The van der Waals surface area contributed by atoms with Crippen LogP contribution in [0.4, 0.5) is 0 Å². The lowest BCUT2D eigenvalue weighted by molar-refractivity contribution is -0.0599. The van der Waals surface area contributed by atoms with Gasteiger partial charge >= 0.3 is 11.7 Å². The lowest BCUT2D eigenvalue weighted by atomic mass is 10.0. The minimum absolute atomic E-state index is 0.236. The van der Waals surface area contributed by atoms with Crippen molar-refractivity contribution in [3.63, 3.8) is 0 Å². The Kier molecular flexibility index (Phi) is 6.79. The van der Waals surface area contributed by atoms with Crippen LogP contribution in [0.5, 0.6) is 0 Å². The monoisotopic (exact) mass is 480 g/mol. The van der Waals surface area contributed by atoms with Crippen molar-refractivity contribution in [2.45, 2.75) is 38.4 Å². The molecule has 0 saturated carbocycles. The number of ketones is 1. The third-order valence-corrected chi connectivity index (χ3v) is 5.80. The van der Waals surface area contributed by atoms with E-state index in [2.05, 4.69) is 0 Å². The second-order valence-electron chi connectivity index (χ2n) is 8.42. The molecule has 0 radical (unpaired) electrons. The maximum Gasteiger partial charge on any atom is 0.338 e. The molecule has 10 heteroatoms. The Hall–Kier alpha value is -3.86. The molecular weight excluding hydrogens is 456 g/mol. The Balaban J connectivity index is 1.54. The van der Waals surface area contributed by atoms with Crippen LogP contribution in [0.25, 0.3) is 0 Å². The first-order valence-electron chi connectivity index (χ1n) is 10.9. The van der Waals surface area contributed by atoms with Crippen molar-refractivity contribution >= 4 is 11.8 Å². The van der Waals surface area contributed by atoms with Gasteiger partial charge in [0.1, 0.15) is 30.5 Å². The number of aliphatic hydroxyl groups is 2. The molecule has 4 rings (SSSR count). The van der Waals surface area contributed by atoms with Gasteiger partial charge in [0, 0.05) is 11.8 Å². The quantitative estimate of drug-likeness (QED) is 0.348. The second-order valence-corrected chi connectivity index (χ2v) is 8.42. The molecule has 0 aliphatic carbocycles. The molecule has 10 nitrogen and oxygen atoms in total. The van der Waals surface area contributed by atoms with Crippen molar-refractivity contribution < 1.29 is 29.3 Å². The molecule has 1 saturated heterocycles. The van der Waals surface area contributed by atoms with Crippen molar-refractivity contribution in [3.8, 4) is 0 Å². The number of rotatable bonds is 6. The fourth-order valence-electron chi connectivity index (χ4n) is 3.72. The highest BCUT2D eigenvalue weighted by Gasteiger charge is 2.45. The summed E-state index contributed by atoms with van der Waals surface area (Å²) in [6.45, 7) is 3.33. The van der Waals surface area contributed by atoms with Gasteiger partial charge in [0.25, 0.3) is 5.56 Å². The van der Waals surface area contributed by atoms with Crippen LogP contribution in [0.15, 0.2) is 64.3 Å². The van der Waals surface area contributed by atoms with Crippen molar-refractivity contribution in [2.75, 3.05) is 6.61 Å². The number of hydrogen-bond donors (Lipinski definition) is 3. The Morgan fingerprint density at radius 1 is 0.943 bits per heavy atom. The van der Waals surface area contributed by atoms with E-state index in [1.165, 1.54) is 0 Å². The smallest absolute Gasteiger partial charge is 0.338 e. The molecule has 3 N–H and O–H groups in total. The van der Waals surface area contributed by atoms with Crippen LogP contribution in [-0.2, 0) is 9.47 Å². The number of aliphatic hydroxyl groups excluding tert-OH is 2. The summed E-state index contributed by atoms with van der Waals surface area (Å²) in [7, 11) is 0. The van der Waals surface area contributed by atoms with Gasteiger partial charge in [-0.3, -0.25) is 19.1 Å². The SMILES string of the molecule is Cc1ccc(C(=O)OC[C@H]2O[C@@H](n3cc(C(=O)c4ccc(C)cc4)c(=O)[nH]c3=O)[C@H](O)[C@@H]2O)cc1. The fourth-order valence-corrected chi connectivity index (χ4v) is 3.72. The summed E-state index contributed by atoms with van der Waals surface area (Å²) in [5, 5.41) is 20.9. The van der Waals surface area contributed by atoms with Crippen LogP contribution < -0.4 is 11.2 Å². The van der Waals surface area contributed by atoms with Crippen LogP contribution >= 0.6 is 0 Å². The number of H-pyrrole nitrogens is 1. The molecule has 1 aliphatic heterocycles. The molecule has 1 fully saturated rings. The summed E-state index contributed by atoms with van der Waals surface area (Å²) in [5.74, 6) is -1.28. The number of aromatic amines is 1. The van der Waals surface area contributed by atoms with Gasteiger partial charge in [-0.05, 0) is 26.0 Å². The zero-order valence-electron chi connectivity index (χ0n) is 19.0. The van der Waals surface area contributed by atoms with Gasteiger partial charge in [0.05, 0.1) is 5.56 Å². The molecule has 35 heavy (non-hydrogen) atoms. The van der Waals surface area contributed by atoms with E-state index in [4.69, 9.17) is 9.47 Å². The molecule has 1 aliphatic rings. The average Bonchev–Trinajstić information content (AvgIpc) is 3.11. The van der Waals surface area contributed by atoms with Gasteiger partial charge in [-0.15, -0.1) is 0 Å². The van der Waals surface area contributed by atoms with Crippen LogP contribution in [-0.4, -0.2) is 56.4 Å². The maximum atomic E-state index is 12.9. The van der Waals surface area contributed by atoms with E-state index in [0.717, 1.165) is 21.9 Å². The number of nitrogens with one attached hydrogen (secondary N) is 1. The number of aryl methyl sites for hydroxylation is 2. The van der Waals surface area contributed by atoms with E-state index in [0.29, 0.717) is 5.56 Å². The number of benzene rings is 2. The summed E-state index contributed by atoms with van der Waals surface area (Å²) in [4.78, 5) is 52.0. The van der Waals surface area contributed by atoms with Gasteiger partial charge in [0.15, 0.2) is 12.0 Å². The predicted octanol–water partition coefficient (Wildman–Crippen LogP) is 0.861. The molecule has 0 bridgehead atoms. The van der Waals surface area contributed by atoms with Gasteiger partial charge < -0.3 is 19.7 Å². The summed E-state index contributed by atoms with van der Waals surface area (Å²) < 4.78 is 11.6. The van der Waals surface area contributed by atoms with Crippen molar-refractivity contribution in [2.24, 2.45) is 0 Å². The van der Waals surface area contributed by atoms with Gasteiger partial charge in [0.2, 0.25) is 0 Å². The summed E-state index contributed by atoms with van der Waals surface area (Å²) in [5.41, 5.74) is 0.251. The molecule has 0 amide bonds. The fraction of sp³-hybridized carbons (Fsp3) is 0.280. The van der Waals surface area contributed by atoms with Crippen LogP contribution in [0.2, 0.25) is 0 Å². The molecule has 0 spiro atoms. The van der Waals surface area contributed by atoms with Gasteiger partial charge in [-0.25, -0.2) is 9.59 Å². The zero-order chi connectivity index (χ0) is 25.3. The first-order chi connectivity index (χ1) is 16.7. The van der Waals surface area contributed by atoms with Crippen LogP contribution in [0, 0.1) is 13.8 Å². The molecule has 4 atom stereocenters. The highest BCUT2D eigenvalue weighted by atomic mass is 16.6. The number of ether oxygens (including phenoxy) is 2. The first kappa shape index (κ1) is 24.3. The van der Waals surface area contributed by atoms with Crippen LogP contribution in [0.1, 0.15) is 43.6 Å². The minimum Gasteiger partial charge on any atom is -0.459 e. The maximum absolute atomic E-state index is 12.9. The van der Waals surface area contributed by atoms with E-state index in [9.17, 15) is 29.4 Å². The normalized spacial score (nSPS) is 21.6. The Morgan fingerprint density at radius 3 is 2.11 bits per heavy atom. The summed E-state index contributed by atoms with van der Waals surface area (Å²) in [6, 6.07) is 13.2. The van der Waals surface area contributed by atoms with Crippen LogP contribution in [0.3, 0.4) is 0 Å². The molecule has 2 aromatic carbocycles. The van der Waals surface area contributed by atoms with E-state index >= 15 is 0 Å². The second kappa shape index (κ2) is 9.79. The van der Waals surface area contributed by atoms with E-state index in [1.807, 2.05) is 18.8 Å². The summed E-state index contributed by atoms with van der Waals surface area (Å²) >= 11 is 0. The van der Waals surface area contributed by atoms with E-state index in [-0.39, 0.29) is 11.1 Å². The largest absolute Gasteiger partial charge is 0.459 e. The standard InChI is InChI=1S/C25H24N2O8/c1-13-3-7-15(8-4-13)19(28)17-11-27(25(33)26-22(17)31)23-21(30)20(29)18(35-23)12-34-24(32)16-9-5-14(2)6-10-16/h3-11,18,20-21,23,29-30H,12H2,1-2H3,(H,26,31,33)/t18-,20-,21-,23-/m1/s1. The molecule has 182 valence electrons. The van der Waals surface area contributed by atoms with Crippen molar-refractivity contribution in [1.82, 2.24) is 9.55 Å². The van der Waals surface area contributed by atoms with Crippen molar-refractivity contribution in [1.29, 1.82) is 0 Å². The topological polar surface area (TPSA) is 148 Å². The number of carbonyl (C=O) groups is 2. The third kappa shape index (κ3) is 4.99. The molecule has 0 unspecified atom stereocenters. The van der Waals surface area contributed by atoms with Gasteiger partial charge in [-0.2, -0.15) is 0 Å². The zero-order valence-corrected chi connectivity index (χ0v) is 19.0. The highest BCUT2D eigenvalue weighted by Crippen LogP contribution is 2.29. The number of esters is 1. The lowest BCUT2D eigenvalue weighted by Gasteiger charge is -2.18. The number of hydrogen-bond acceptors (Lipinski definition) is 8. The Bertz CT molecular complexity index is 1360. The van der Waals surface area contributed by atoms with E-state index in [1.54, 1.807) is 48.5 Å². The number of carbonyl (C=O) groups excluding carboxylic acids is 2. The number of nitrogens with zero attached hydrogens (tertiary/aromatic N) is 1. The van der Waals surface area contributed by atoms with Crippen molar-refractivity contribution in [3.05, 3.63) is 103 Å². The first-order valence-corrected chi connectivity index (χ1v) is 10.9. The Morgan fingerprint density at radius 2 is 1.51 bits per heavy atom. The number of aromatic nitrogens is 2. The third-order valence-electron chi connectivity index (χ3n) is 5.80. The predicted molar refractivity (Wildman–Crippen MR) is 123 cm³/mol. The Labute approximate surface area is 199 Å². The molecule has 1 aromatic heterocycles. The van der Waals surface area contributed by atoms with Gasteiger partial charge in [-0.1, -0.05) is 47.5 Å². The minimum atomic E-state index is -1.59. The molecule has 3 aromatic rings. The molecular formula is C25H24N2O8. The summed E-state index contributed by atoms with van der Waals surface area (Å²) in [6.07, 6.45) is -4.68.